The first-order valence-corrected chi connectivity index (χ1v) is 4.04. The maximum absolute atomic E-state index is 9.42. The van der Waals surface area contributed by atoms with E-state index in [1.54, 1.807) is 0 Å². The average molecular weight is 124 g/mol. The van der Waals surface area contributed by atoms with E-state index in [-0.39, 0.29) is 6.10 Å². The molecule has 4 saturated carbocycles. The quantitative estimate of drug-likeness (QED) is 0.511. The van der Waals surface area contributed by atoms with Gasteiger partial charge in [0, 0.05) is 0 Å². The van der Waals surface area contributed by atoms with Crippen LogP contribution in [-0.4, -0.2) is 11.2 Å². The van der Waals surface area contributed by atoms with Crippen LogP contribution >= 0.6 is 0 Å². The first kappa shape index (κ1) is 4.73. The van der Waals surface area contributed by atoms with Crippen molar-refractivity contribution in [3.8, 4) is 0 Å². The highest BCUT2D eigenvalue weighted by Crippen LogP contribution is 2.66. The van der Waals surface area contributed by atoms with Crippen molar-refractivity contribution in [1.82, 2.24) is 0 Å². The van der Waals surface area contributed by atoms with E-state index in [2.05, 4.69) is 0 Å². The van der Waals surface area contributed by atoms with Gasteiger partial charge in [0.1, 0.15) is 0 Å². The topological polar surface area (TPSA) is 20.2 Å². The van der Waals surface area contributed by atoms with Gasteiger partial charge < -0.3 is 5.11 Å². The first-order valence-electron chi connectivity index (χ1n) is 4.04. The third-order valence-electron chi connectivity index (χ3n) is 3.63. The number of aliphatic hydroxyl groups is 1. The molecule has 0 saturated heterocycles. The molecule has 0 aromatic heterocycles. The zero-order chi connectivity index (χ0) is 6.01. The summed E-state index contributed by atoms with van der Waals surface area (Å²) in [5.74, 6) is 3.62. The predicted octanol–water partition coefficient (Wildman–Crippen LogP) is 1.02. The third kappa shape index (κ3) is 0.420. The predicted molar refractivity (Wildman–Crippen MR) is 33.8 cm³/mol. The lowest BCUT2D eigenvalue weighted by Crippen LogP contribution is -2.24. The summed E-state index contributed by atoms with van der Waals surface area (Å²) in [6.45, 7) is 0. The molecule has 4 aliphatic carbocycles. The molecule has 0 spiro atoms. The minimum Gasteiger partial charge on any atom is -0.393 e. The summed E-state index contributed by atoms with van der Waals surface area (Å²) >= 11 is 0. The van der Waals surface area contributed by atoms with Gasteiger partial charge in [-0.15, -0.1) is 0 Å². The molecule has 4 fully saturated rings. The standard InChI is InChI=1S/C8H12O/c9-7-3-4-1-5-6(2-4)8(5)7/h4-9H,1-3H2. The molecule has 0 radical (unpaired) electrons. The van der Waals surface area contributed by atoms with Crippen molar-refractivity contribution in [2.24, 2.45) is 23.7 Å². The molecule has 4 aliphatic rings. The lowest BCUT2D eigenvalue weighted by atomic mass is 9.84. The maximum atomic E-state index is 9.42. The fraction of sp³-hybridized carbons (Fsp3) is 1.00. The second kappa shape index (κ2) is 1.20. The van der Waals surface area contributed by atoms with Crippen LogP contribution in [0.25, 0.3) is 0 Å². The highest BCUT2D eigenvalue weighted by Gasteiger charge is 2.62. The summed E-state index contributed by atoms with van der Waals surface area (Å²) in [6, 6.07) is 0. The zero-order valence-corrected chi connectivity index (χ0v) is 5.46. The van der Waals surface area contributed by atoms with Crippen LogP contribution in [0.15, 0.2) is 0 Å². The Morgan fingerprint density at radius 1 is 1.00 bits per heavy atom. The van der Waals surface area contributed by atoms with Crippen molar-refractivity contribution in [2.45, 2.75) is 25.4 Å². The molecule has 0 amide bonds. The fourth-order valence-electron chi connectivity index (χ4n) is 3.27. The van der Waals surface area contributed by atoms with Crippen LogP contribution in [0.5, 0.6) is 0 Å². The lowest BCUT2D eigenvalue weighted by Gasteiger charge is -2.26. The van der Waals surface area contributed by atoms with E-state index in [0.29, 0.717) is 0 Å². The third-order valence-corrected chi connectivity index (χ3v) is 3.63. The van der Waals surface area contributed by atoms with Crippen molar-refractivity contribution < 1.29 is 5.11 Å². The van der Waals surface area contributed by atoms with Gasteiger partial charge in [0.2, 0.25) is 0 Å². The summed E-state index contributed by atoms with van der Waals surface area (Å²) in [5.41, 5.74) is 0. The summed E-state index contributed by atoms with van der Waals surface area (Å²) in [4.78, 5) is 0. The van der Waals surface area contributed by atoms with E-state index < -0.39 is 0 Å². The highest BCUT2D eigenvalue weighted by atomic mass is 16.3. The SMILES string of the molecule is OC1CC2CC3C(C2)C13. The number of fused-ring (bicyclic) bond motifs is 1. The van der Waals surface area contributed by atoms with Crippen molar-refractivity contribution in [2.75, 3.05) is 0 Å². The largest absolute Gasteiger partial charge is 0.393 e. The Labute approximate surface area is 55.1 Å². The van der Waals surface area contributed by atoms with Crippen LogP contribution in [0.4, 0.5) is 0 Å². The number of rotatable bonds is 0. The molecule has 3 atom stereocenters. The van der Waals surface area contributed by atoms with Gasteiger partial charge >= 0.3 is 0 Å². The van der Waals surface area contributed by atoms with Crippen LogP contribution < -0.4 is 0 Å². The van der Waals surface area contributed by atoms with E-state index in [1.165, 1.54) is 12.8 Å². The Balaban J connectivity index is 1.95. The van der Waals surface area contributed by atoms with E-state index in [9.17, 15) is 5.11 Å². The van der Waals surface area contributed by atoms with Gasteiger partial charge in [-0.1, -0.05) is 0 Å². The van der Waals surface area contributed by atoms with E-state index in [0.717, 1.165) is 30.1 Å². The van der Waals surface area contributed by atoms with Crippen LogP contribution in [0.1, 0.15) is 19.3 Å². The number of hydrogen-bond acceptors (Lipinski definition) is 1. The average Bonchev–Trinajstić information content (AvgIpc) is 2.37. The maximum Gasteiger partial charge on any atom is 0.0576 e. The Morgan fingerprint density at radius 3 is 2.00 bits per heavy atom. The number of hydrogen-bond donors (Lipinski definition) is 1. The van der Waals surface area contributed by atoms with Gasteiger partial charge in [-0.2, -0.15) is 0 Å². The van der Waals surface area contributed by atoms with Crippen molar-refractivity contribution in [1.29, 1.82) is 0 Å². The Morgan fingerprint density at radius 2 is 1.67 bits per heavy atom. The van der Waals surface area contributed by atoms with Crippen LogP contribution in [0, 0.1) is 23.7 Å². The van der Waals surface area contributed by atoms with Crippen LogP contribution in [-0.2, 0) is 0 Å². The van der Waals surface area contributed by atoms with Crippen molar-refractivity contribution >= 4 is 0 Å². The number of aliphatic hydroxyl groups excluding tert-OH is 1. The molecule has 9 heavy (non-hydrogen) atoms. The van der Waals surface area contributed by atoms with Gasteiger partial charge in [0.25, 0.3) is 0 Å². The fourth-order valence-corrected chi connectivity index (χ4v) is 3.27. The molecule has 1 nitrogen and oxygen atoms in total. The summed E-state index contributed by atoms with van der Waals surface area (Å²) in [5, 5.41) is 9.42. The Kier molecular flexibility index (Phi) is 0.628. The molecule has 4 bridgehead atoms. The van der Waals surface area contributed by atoms with E-state index in [1.807, 2.05) is 0 Å². The summed E-state index contributed by atoms with van der Waals surface area (Å²) in [7, 11) is 0. The Bertz CT molecular complexity index is 140. The van der Waals surface area contributed by atoms with Crippen molar-refractivity contribution in [3.63, 3.8) is 0 Å². The molecule has 4 rings (SSSR count). The Hall–Kier alpha value is -0.0400. The molecule has 1 N–H and O–H groups in total. The van der Waals surface area contributed by atoms with Crippen molar-refractivity contribution in [3.05, 3.63) is 0 Å². The molecule has 0 aromatic carbocycles. The normalized spacial score (nSPS) is 68.3. The second-order valence-electron chi connectivity index (χ2n) is 4.05. The van der Waals surface area contributed by atoms with Gasteiger partial charge in [-0.05, 0) is 42.9 Å². The molecule has 3 unspecified atom stereocenters. The second-order valence-corrected chi connectivity index (χ2v) is 4.05. The first-order chi connectivity index (χ1) is 4.36. The molecule has 1 heteroatoms. The van der Waals surface area contributed by atoms with Crippen LogP contribution in [0.3, 0.4) is 0 Å². The smallest absolute Gasteiger partial charge is 0.0576 e. The highest BCUT2D eigenvalue weighted by molar-refractivity contribution is 5.11. The van der Waals surface area contributed by atoms with E-state index >= 15 is 0 Å². The lowest BCUT2D eigenvalue weighted by molar-refractivity contribution is 0.0684. The molecule has 0 aromatic rings. The van der Waals surface area contributed by atoms with Gasteiger partial charge in [-0.3, -0.25) is 0 Å². The molecule has 0 aliphatic heterocycles. The molecular formula is C8H12O. The monoisotopic (exact) mass is 124 g/mol. The molecular weight excluding hydrogens is 112 g/mol. The minimum absolute atomic E-state index is 0.104. The minimum atomic E-state index is 0.104. The van der Waals surface area contributed by atoms with E-state index in [4.69, 9.17) is 0 Å². The molecule has 0 heterocycles. The summed E-state index contributed by atoms with van der Waals surface area (Å²) in [6.07, 6.45) is 4.13. The summed E-state index contributed by atoms with van der Waals surface area (Å²) < 4.78 is 0. The van der Waals surface area contributed by atoms with Crippen LogP contribution in [0.2, 0.25) is 0 Å². The van der Waals surface area contributed by atoms with Gasteiger partial charge in [-0.25, -0.2) is 0 Å². The van der Waals surface area contributed by atoms with Gasteiger partial charge in [0.15, 0.2) is 0 Å². The van der Waals surface area contributed by atoms with Gasteiger partial charge in [0.05, 0.1) is 6.10 Å². The molecule has 50 valence electrons. The zero-order valence-electron chi connectivity index (χ0n) is 5.46.